The van der Waals surface area contributed by atoms with Crippen LogP contribution in [0.1, 0.15) is 21.5 Å². The van der Waals surface area contributed by atoms with Crippen LogP contribution in [0.25, 0.3) is 6.08 Å². The summed E-state index contributed by atoms with van der Waals surface area (Å²) in [6.07, 6.45) is 4.17. The topological polar surface area (TPSA) is 68.2 Å². The molecule has 0 aliphatic heterocycles. The molecule has 0 bridgehead atoms. The lowest BCUT2D eigenvalue weighted by Gasteiger charge is -2.21. The fourth-order valence-corrected chi connectivity index (χ4v) is 3.52. The van der Waals surface area contributed by atoms with E-state index < -0.39 is 0 Å². The standard InChI is InChI=1S/C28H30ClN5O2/c1-5-21-6-11-24(12-7-21)31-28(36)26-18-23(29)10-15-27(26)34(20-35)25-13-8-22(9-14-25)19-30-33(4)17-16-32(2)3/h5-15,18-20H,1,16-17H2,2-4H3,(H,31,36). The van der Waals surface area contributed by atoms with Crippen LogP contribution < -0.4 is 10.2 Å². The van der Waals surface area contributed by atoms with Gasteiger partial charge < -0.3 is 10.2 Å². The Kier molecular flexibility index (Phi) is 9.39. The predicted octanol–water partition coefficient (Wildman–Crippen LogP) is 5.36. The van der Waals surface area contributed by atoms with Crippen molar-refractivity contribution in [2.45, 2.75) is 0 Å². The Labute approximate surface area is 217 Å². The van der Waals surface area contributed by atoms with E-state index in [1.165, 1.54) is 4.90 Å². The Morgan fingerprint density at radius 2 is 1.64 bits per heavy atom. The molecule has 3 aromatic rings. The highest BCUT2D eigenvalue weighted by molar-refractivity contribution is 6.31. The van der Waals surface area contributed by atoms with Crippen LogP contribution in [-0.2, 0) is 4.79 Å². The summed E-state index contributed by atoms with van der Waals surface area (Å²) in [5.41, 5.74) is 3.74. The lowest BCUT2D eigenvalue weighted by atomic mass is 10.1. The highest BCUT2D eigenvalue weighted by Crippen LogP contribution is 2.30. The molecule has 36 heavy (non-hydrogen) atoms. The van der Waals surface area contributed by atoms with Crippen LogP contribution in [0.15, 0.2) is 78.4 Å². The number of likely N-dealkylation sites (N-methyl/N-ethyl adjacent to an activating group) is 2. The second-order valence-corrected chi connectivity index (χ2v) is 8.87. The van der Waals surface area contributed by atoms with E-state index in [1.54, 1.807) is 54.8 Å². The van der Waals surface area contributed by atoms with Gasteiger partial charge >= 0.3 is 0 Å². The zero-order valence-electron chi connectivity index (χ0n) is 20.7. The van der Waals surface area contributed by atoms with Crippen molar-refractivity contribution < 1.29 is 9.59 Å². The maximum Gasteiger partial charge on any atom is 0.257 e. The molecule has 186 valence electrons. The Balaban J connectivity index is 1.81. The number of anilines is 3. The van der Waals surface area contributed by atoms with Gasteiger partial charge in [0.25, 0.3) is 5.91 Å². The maximum absolute atomic E-state index is 13.1. The third-order valence-corrected chi connectivity index (χ3v) is 5.65. The molecule has 8 heteroatoms. The van der Waals surface area contributed by atoms with Crippen molar-refractivity contribution in [3.63, 3.8) is 0 Å². The van der Waals surface area contributed by atoms with E-state index in [2.05, 4.69) is 21.9 Å². The first-order valence-corrected chi connectivity index (χ1v) is 11.8. The first-order chi connectivity index (χ1) is 17.3. The number of hydrazone groups is 1. The second kappa shape index (κ2) is 12.7. The second-order valence-electron chi connectivity index (χ2n) is 8.44. The van der Waals surface area contributed by atoms with Crippen LogP contribution in [-0.4, -0.2) is 62.7 Å². The molecule has 0 saturated carbocycles. The number of nitrogens with zero attached hydrogens (tertiary/aromatic N) is 4. The molecule has 0 aromatic heterocycles. The summed E-state index contributed by atoms with van der Waals surface area (Å²) < 4.78 is 0. The van der Waals surface area contributed by atoms with Gasteiger partial charge in [0.1, 0.15) is 0 Å². The van der Waals surface area contributed by atoms with Gasteiger partial charge in [0.05, 0.1) is 17.5 Å². The summed E-state index contributed by atoms with van der Waals surface area (Å²) >= 11 is 6.20. The average Bonchev–Trinajstić information content (AvgIpc) is 2.88. The summed E-state index contributed by atoms with van der Waals surface area (Å²) in [5, 5.41) is 9.56. The van der Waals surface area contributed by atoms with Crippen molar-refractivity contribution in [1.29, 1.82) is 0 Å². The van der Waals surface area contributed by atoms with Crippen LogP contribution >= 0.6 is 11.6 Å². The minimum Gasteiger partial charge on any atom is -0.322 e. The molecule has 3 rings (SSSR count). The summed E-state index contributed by atoms with van der Waals surface area (Å²) in [5.74, 6) is -0.379. The van der Waals surface area contributed by atoms with E-state index in [0.717, 1.165) is 24.2 Å². The highest BCUT2D eigenvalue weighted by Gasteiger charge is 2.19. The van der Waals surface area contributed by atoms with Crippen LogP contribution in [0.2, 0.25) is 5.02 Å². The first-order valence-electron chi connectivity index (χ1n) is 11.4. The summed E-state index contributed by atoms with van der Waals surface area (Å²) in [7, 11) is 5.96. The fourth-order valence-electron chi connectivity index (χ4n) is 3.35. The third kappa shape index (κ3) is 7.28. The number of amides is 2. The quantitative estimate of drug-likeness (QED) is 0.217. The van der Waals surface area contributed by atoms with Crippen molar-refractivity contribution in [2.75, 3.05) is 44.4 Å². The van der Waals surface area contributed by atoms with E-state index in [1.807, 2.05) is 50.4 Å². The monoisotopic (exact) mass is 503 g/mol. The average molecular weight is 504 g/mol. The fraction of sp³-hybridized carbons (Fsp3) is 0.179. The Morgan fingerprint density at radius 3 is 2.25 bits per heavy atom. The molecule has 0 unspecified atom stereocenters. The van der Waals surface area contributed by atoms with E-state index in [4.69, 9.17) is 11.6 Å². The molecule has 0 atom stereocenters. The zero-order valence-corrected chi connectivity index (χ0v) is 21.4. The molecule has 0 heterocycles. The molecular formula is C28H30ClN5O2. The predicted molar refractivity (Wildman–Crippen MR) is 149 cm³/mol. The normalized spacial score (nSPS) is 10.9. The van der Waals surface area contributed by atoms with E-state index in [0.29, 0.717) is 28.5 Å². The number of hydrogen-bond acceptors (Lipinski definition) is 5. The number of benzene rings is 3. The van der Waals surface area contributed by atoms with Crippen molar-refractivity contribution in [3.8, 4) is 0 Å². The van der Waals surface area contributed by atoms with Gasteiger partial charge in [0.15, 0.2) is 0 Å². The van der Waals surface area contributed by atoms with Crippen molar-refractivity contribution in [3.05, 3.63) is 95.0 Å². The molecule has 2 amide bonds. The summed E-state index contributed by atoms with van der Waals surface area (Å²) in [4.78, 5) is 28.8. The first kappa shape index (κ1) is 26.7. The Hall–Kier alpha value is -3.94. The molecule has 0 aliphatic rings. The van der Waals surface area contributed by atoms with Crippen molar-refractivity contribution >= 4 is 53.3 Å². The number of halogens is 1. The zero-order chi connectivity index (χ0) is 26.1. The smallest absolute Gasteiger partial charge is 0.257 e. The van der Waals surface area contributed by atoms with Crippen LogP contribution in [0.4, 0.5) is 17.1 Å². The Morgan fingerprint density at radius 1 is 0.972 bits per heavy atom. The maximum atomic E-state index is 13.1. The summed E-state index contributed by atoms with van der Waals surface area (Å²) in [6, 6.07) is 19.5. The highest BCUT2D eigenvalue weighted by atomic mass is 35.5. The minimum absolute atomic E-state index is 0.274. The van der Waals surface area contributed by atoms with Crippen LogP contribution in [0, 0.1) is 0 Å². The molecule has 3 aromatic carbocycles. The molecule has 0 fully saturated rings. The van der Waals surface area contributed by atoms with Crippen molar-refractivity contribution in [1.82, 2.24) is 9.91 Å². The molecule has 0 aliphatic carbocycles. The lowest BCUT2D eigenvalue weighted by molar-refractivity contribution is -0.106. The largest absolute Gasteiger partial charge is 0.322 e. The molecule has 0 spiro atoms. The number of nitrogens with one attached hydrogen (secondary N) is 1. The molecule has 7 nitrogen and oxygen atoms in total. The van der Waals surface area contributed by atoms with E-state index in [9.17, 15) is 9.59 Å². The van der Waals surface area contributed by atoms with Gasteiger partial charge in [-0.25, -0.2) is 0 Å². The van der Waals surface area contributed by atoms with Gasteiger partial charge in [-0.05, 0) is 67.7 Å². The van der Waals surface area contributed by atoms with Crippen LogP contribution in [0.3, 0.4) is 0 Å². The molecule has 0 radical (unpaired) electrons. The van der Waals surface area contributed by atoms with Gasteiger partial charge in [0.2, 0.25) is 6.41 Å². The number of carbonyl (C=O) groups excluding carboxylic acids is 2. The van der Waals surface area contributed by atoms with Gasteiger partial charge in [-0.1, -0.05) is 48.5 Å². The summed E-state index contributed by atoms with van der Waals surface area (Å²) in [6.45, 7) is 5.44. The van der Waals surface area contributed by atoms with Gasteiger partial charge in [0, 0.05) is 36.5 Å². The number of carbonyl (C=O) groups is 2. The minimum atomic E-state index is -0.379. The van der Waals surface area contributed by atoms with Crippen molar-refractivity contribution in [2.24, 2.45) is 5.10 Å². The molecule has 0 saturated heterocycles. The van der Waals surface area contributed by atoms with E-state index in [-0.39, 0.29) is 11.5 Å². The SMILES string of the molecule is C=Cc1ccc(NC(=O)c2cc(Cl)ccc2N(C=O)c2ccc(C=NN(C)CCN(C)C)cc2)cc1. The van der Waals surface area contributed by atoms with Crippen LogP contribution in [0.5, 0.6) is 0 Å². The van der Waals surface area contributed by atoms with Gasteiger partial charge in [-0.15, -0.1) is 0 Å². The van der Waals surface area contributed by atoms with E-state index >= 15 is 0 Å². The Bertz CT molecular complexity index is 1220. The number of rotatable bonds is 11. The number of hydrogen-bond donors (Lipinski definition) is 1. The molecular weight excluding hydrogens is 474 g/mol. The molecule has 1 N–H and O–H groups in total. The third-order valence-electron chi connectivity index (χ3n) is 5.42. The van der Waals surface area contributed by atoms with Gasteiger partial charge in [-0.2, -0.15) is 5.10 Å². The lowest BCUT2D eigenvalue weighted by Crippen LogP contribution is -2.25. The van der Waals surface area contributed by atoms with Gasteiger partial charge in [-0.3, -0.25) is 19.5 Å².